The molecule has 0 aliphatic heterocycles. The molecule has 2 aromatic carbocycles. The third-order valence-corrected chi connectivity index (χ3v) is 3.28. The zero-order valence-electron chi connectivity index (χ0n) is 10.9. The van der Waals surface area contributed by atoms with Gasteiger partial charge in [-0.25, -0.2) is 4.98 Å². The Morgan fingerprint density at radius 3 is 2.70 bits per heavy atom. The summed E-state index contributed by atoms with van der Waals surface area (Å²) in [6.07, 6.45) is 0.838. The highest BCUT2D eigenvalue weighted by Gasteiger charge is 2.05. The molecule has 0 bridgehead atoms. The summed E-state index contributed by atoms with van der Waals surface area (Å²) in [5.41, 5.74) is 4.14. The minimum atomic E-state index is 0.643. The predicted octanol–water partition coefficient (Wildman–Crippen LogP) is 4.11. The molecule has 2 heteroatoms. The largest absolute Gasteiger partial charge is 0.298 e. The van der Waals surface area contributed by atoms with Gasteiger partial charge in [0.2, 0.25) is 0 Å². The van der Waals surface area contributed by atoms with E-state index in [1.54, 1.807) is 6.07 Å². The Morgan fingerprint density at radius 2 is 1.85 bits per heavy atom. The monoisotopic (exact) mass is 259 g/mol. The van der Waals surface area contributed by atoms with Crippen LogP contribution in [0.4, 0.5) is 0 Å². The van der Waals surface area contributed by atoms with Crippen LogP contribution in [0.5, 0.6) is 0 Å². The van der Waals surface area contributed by atoms with Crippen LogP contribution in [0.15, 0.2) is 67.2 Å². The first-order valence-corrected chi connectivity index (χ1v) is 6.38. The zero-order valence-corrected chi connectivity index (χ0v) is 10.9. The molecule has 0 aliphatic carbocycles. The third-order valence-electron chi connectivity index (χ3n) is 3.28. The van der Waals surface area contributed by atoms with Crippen molar-refractivity contribution in [3.05, 3.63) is 84.1 Å². The maximum absolute atomic E-state index is 10.8. The molecule has 20 heavy (non-hydrogen) atoms. The maximum Gasteiger partial charge on any atom is 0.150 e. The summed E-state index contributed by atoms with van der Waals surface area (Å²) >= 11 is 0. The Bertz CT molecular complexity index is 805. The molecule has 0 saturated carbocycles. The van der Waals surface area contributed by atoms with Crippen LogP contribution < -0.4 is 0 Å². The molecule has 0 radical (unpaired) electrons. The van der Waals surface area contributed by atoms with Crippen molar-refractivity contribution in [1.29, 1.82) is 0 Å². The predicted molar refractivity (Wildman–Crippen MR) is 81.7 cm³/mol. The SMILES string of the molecule is C=C(c1cccc(C=O)c1)c1ccc2ccccc2n1. The lowest BCUT2D eigenvalue weighted by atomic mass is 10.0. The Hall–Kier alpha value is -2.74. The highest BCUT2D eigenvalue weighted by molar-refractivity contribution is 5.85. The molecule has 0 N–H and O–H groups in total. The lowest BCUT2D eigenvalue weighted by Crippen LogP contribution is -1.92. The van der Waals surface area contributed by atoms with E-state index >= 15 is 0 Å². The average Bonchev–Trinajstić information content (AvgIpc) is 2.53. The molecule has 0 spiro atoms. The van der Waals surface area contributed by atoms with Crippen LogP contribution in [0, 0.1) is 0 Å². The number of carbonyl (C=O) groups excluding carboxylic acids is 1. The molecule has 3 rings (SSSR count). The molecule has 2 nitrogen and oxygen atoms in total. The molecule has 0 fully saturated rings. The second-order valence-electron chi connectivity index (χ2n) is 4.61. The topological polar surface area (TPSA) is 30.0 Å². The molecule has 0 amide bonds. The fourth-order valence-corrected chi connectivity index (χ4v) is 2.18. The van der Waals surface area contributed by atoms with Gasteiger partial charge in [0.25, 0.3) is 0 Å². The van der Waals surface area contributed by atoms with Gasteiger partial charge < -0.3 is 0 Å². The van der Waals surface area contributed by atoms with Gasteiger partial charge in [0.15, 0.2) is 0 Å². The number of pyridine rings is 1. The van der Waals surface area contributed by atoms with Gasteiger partial charge >= 0.3 is 0 Å². The molecule has 1 aromatic heterocycles. The number of hydrogen-bond acceptors (Lipinski definition) is 2. The average molecular weight is 259 g/mol. The van der Waals surface area contributed by atoms with Crippen molar-refractivity contribution < 1.29 is 4.79 Å². The van der Waals surface area contributed by atoms with Crippen molar-refractivity contribution in [2.75, 3.05) is 0 Å². The van der Waals surface area contributed by atoms with E-state index in [9.17, 15) is 4.79 Å². The number of aldehydes is 1. The smallest absolute Gasteiger partial charge is 0.150 e. The molecule has 0 atom stereocenters. The van der Waals surface area contributed by atoms with Gasteiger partial charge in [-0.15, -0.1) is 0 Å². The summed E-state index contributed by atoms with van der Waals surface area (Å²) in [6, 6.07) is 19.3. The summed E-state index contributed by atoms with van der Waals surface area (Å²) in [7, 11) is 0. The molecule has 96 valence electrons. The molecular weight excluding hydrogens is 246 g/mol. The summed E-state index contributed by atoms with van der Waals surface area (Å²) < 4.78 is 0. The summed E-state index contributed by atoms with van der Waals surface area (Å²) in [4.78, 5) is 15.5. The second-order valence-corrected chi connectivity index (χ2v) is 4.61. The van der Waals surface area contributed by atoms with E-state index in [4.69, 9.17) is 0 Å². The first-order chi connectivity index (χ1) is 9.78. The molecule has 3 aromatic rings. The van der Waals surface area contributed by atoms with Gasteiger partial charge in [-0.05, 0) is 23.8 Å². The van der Waals surface area contributed by atoms with Gasteiger partial charge in [0.05, 0.1) is 11.2 Å². The quantitative estimate of drug-likeness (QED) is 0.662. The van der Waals surface area contributed by atoms with Gasteiger partial charge in [-0.3, -0.25) is 4.79 Å². The maximum atomic E-state index is 10.8. The fourth-order valence-electron chi connectivity index (χ4n) is 2.18. The summed E-state index contributed by atoms with van der Waals surface area (Å²) in [5, 5.41) is 1.10. The lowest BCUT2D eigenvalue weighted by molar-refractivity contribution is 0.112. The molecule has 1 heterocycles. The van der Waals surface area contributed by atoms with Gasteiger partial charge in [0, 0.05) is 16.5 Å². The Kier molecular flexibility index (Phi) is 3.13. The van der Waals surface area contributed by atoms with Crippen molar-refractivity contribution in [2.24, 2.45) is 0 Å². The molecule has 0 saturated heterocycles. The van der Waals surface area contributed by atoms with Gasteiger partial charge in [-0.2, -0.15) is 0 Å². The van der Waals surface area contributed by atoms with Crippen LogP contribution in [-0.4, -0.2) is 11.3 Å². The van der Waals surface area contributed by atoms with Gasteiger partial charge in [-0.1, -0.05) is 49.0 Å². The summed E-state index contributed by atoms with van der Waals surface area (Å²) in [6.45, 7) is 4.10. The lowest BCUT2D eigenvalue weighted by Gasteiger charge is -2.07. The number of aromatic nitrogens is 1. The first kappa shape index (κ1) is 12.3. The van der Waals surface area contributed by atoms with Crippen molar-refractivity contribution in [2.45, 2.75) is 0 Å². The van der Waals surface area contributed by atoms with Crippen LogP contribution in [-0.2, 0) is 0 Å². The number of carbonyl (C=O) groups is 1. The molecule has 0 unspecified atom stereocenters. The van der Waals surface area contributed by atoms with E-state index in [2.05, 4.69) is 11.6 Å². The Labute approximate surface area is 117 Å². The van der Waals surface area contributed by atoms with Crippen LogP contribution >= 0.6 is 0 Å². The number of hydrogen-bond donors (Lipinski definition) is 0. The minimum Gasteiger partial charge on any atom is -0.298 e. The van der Waals surface area contributed by atoms with Gasteiger partial charge in [0.1, 0.15) is 6.29 Å². The van der Waals surface area contributed by atoms with Crippen LogP contribution in [0.1, 0.15) is 21.6 Å². The molecule has 0 aliphatic rings. The third kappa shape index (κ3) is 2.24. The number of para-hydroxylation sites is 1. The van der Waals surface area contributed by atoms with Crippen LogP contribution in [0.25, 0.3) is 16.5 Å². The van der Waals surface area contributed by atoms with E-state index in [1.165, 1.54) is 0 Å². The van der Waals surface area contributed by atoms with Crippen LogP contribution in [0.3, 0.4) is 0 Å². The van der Waals surface area contributed by atoms with E-state index < -0.39 is 0 Å². The number of benzene rings is 2. The highest BCUT2D eigenvalue weighted by atomic mass is 16.1. The number of nitrogens with zero attached hydrogens (tertiary/aromatic N) is 1. The highest BCUT2D eigenvalue weighted by Crippen LogP contribution is 2.22. The number of rotatable bonds is 3. The summed E-state index contributed by atoms with van der Waals surface area (Å²) in [5.74, 6) is 0. The number of fused-ring (bicyclic) bond motifs is 1. The Balaban J connectivity index is 2.05. The van der Waals surface area contributed by atoms with Crippen molar-refractivity contribution in [3.8, 4) is 0 Å². The standard InChI is InChI=1S/C18H13NO/c1-13(16-7-4-5-14(11-16)12-20)17-10-9-15-6-2-3-8-18(15)19-17/h2-12H,1H2. The van der Waals surface area contributed by atoms with E-state index in [-0.39, 0.29) is 0 Å². The van der Waals surface area contributed by atoms with E-state index in [0.29, 0.717) is 5.56 Å². The normalized spacial score (nSPS) is 10.4. The van der Waals surface area contributed by atoms with E-state index in [0.717, 1.165) is 34.0 Å². The van der Waals surface area contributed by atoms with Crippen molar-refractivity contribution >= 4 is 22.8 Å². The fraction of sp³-hybridized carbons (Fsp3) is 0. The Morgan fingerprint density at radius 1 is 1.00 bits per heavy atom. The van der Waals surface area contributed by atoms with Crippen molar-refractivity contribution in [1.82, 2.24) is 4.98 Å². The minimum absolute atomic E-state index is 0.643. The first-order valence-electron chi connectivity index (χ1n) is 6.38. The van der Waals surface area contributed by atoms with Crippen molar-refractivity contribution in [3.63, 3.8) is 0 Å². The molecular formula is C18H13NO. The van der Waals surface area contributed by atoms with Crippen LogP contribution in [0.2, 0.25) is 0 Å². The second kappa shape index (κ2) is 5.10. The zero-order chi connectivity index (χ0) is 13.9. The van der Waals surface area contributed by atoms with E-state index in [1.807, 2.05) is 54.6 Å².